The highest BCUT2D eigenvalue weighted by Gasteiger charge is 2.25. The van der Waals surface area contributed by atoms with Crippen LogP contribution in [0.1, 0.15) is 24.2 Å². The van der Waals surface area contributed by atoms with E-state index in [1.165, 1.54) is 0 Å². The number of pyridine rings is 1. The lowest BCUT2D eigenvalue weighted by molar-refractivity contribution is -0.142. The van der Waals surface area contributed by atoms with E-state index in [1.54, 1.807) is 18.4 Å². The van der Waals surface area contributed by atoms with Crippen LogP contribution in [0.25, 0.3) is 0 Å². The fourth-order valence-corrected chi connectivity index (χ4v) is 4.38. The quantitative estimate of drug-likeness (QED) is 0.133. The number of carboxylic acid groups (broad SMARTS) is 2. The molecule has 9 nitrogen and oxygen atoms in total. The molecule has 1 rings (SSSR count). The molecule has 2 atom stereocenters. The van der Waals surface area contributed by atoms with Gasteiger partial charge in [-0.25, -0.2) is 16.2 Å². The summed E-state index contributed by atoms with van der Waals surface area (Å²) >= 11 is 12.9. The smallest absolute Gasteiger partial charge is 0.321 e. The van der Waals surface area contributed by atoms with E-state index in [9.17, 15) is 19.8 Å². The highest BCUT2D eigenvalue weighted by atomic mass is 127. The summed E-state index contributed by atoms with van der Waals surface area (Å²) in [4.78, 5) is 35.2. The Hall–Kier alpha value is -0.930. The van der Waals surface area contributed by atoms with Gasteiger partial charge in [-0.15, -0.1) is 0 Å². The van der Waals surface area contributed by atoms with Crippen molar-refractivity contribution in [2.75, 3.05) is 13.1 Å². The third-order valence-electron chi connectivity index (χ3n) is 3.89. The zero-order valence-electron chi connectivity index (χ0n) is 15.6. The predicted molar refractivity (Wildman–Crippen MR) is 135 cm³/mol. The largest absolute Gasteiger partial charge is 0.480 e. The number of rotatable bonds is 14. The first-order valence-corrected chi connectivity index (χ1v) is 11.4. The van der Waals surface area contributed by atoms with Crippen LogP contribution in [0.4, 0.5) is 0 Å². The number of aromatic nitrogens is 1. The van der Waals surface area contributed by atoms with Crippen LogP contribution in [0.5, 0.6) is 0 Å². The van der Waals surface area contributed by atoms with Gasteiger partial charge in [-0.2, -0.15) is 0 Å². The standard InChI is InChI=1S/C17H19I2N5O4S2/c18-23(14(16(25)26)4-6-20-10-29)8-12-2-1-3-13(22-12)9-24(19)15(17(27)28)5-7-21-11-30/h1-3,14-15H,4-9H2,(H,25,26)(H,27,28). The molecule has 30 heavy (non-hydrogen) atoms. The first-order chi connectivity index (χ1) is 14.3. The summed E-state index contributed by atoms with van der Waals surface area (Å²) in [7, 11) is 0. The van der Waals surface area contributed by atoms with E-state index in [1.807, 2.05) is 51.8 Å². The maximum Gasteiger partial charge on any atom is 0.321 e. The molecule has 1 aromatic heterocycles. The van der Waals surface area contributed by atoms with Gasteiger partial charge in [-0.3, -0.25) is 14.6 Å². The van der Waals surface area contributed by atoms with E-state index >= 15 is 0 Å². The van der Waals surface area contributed by atoms with Crippen molar-refractivity contribution in [3.8, 4) is 0 Å². The highest BCUT2D eigenvalue weighted by Crippen LogP contribution is 2.18. The van der Waals surface area contributed by atoms with E-state index in [0.717, 1.165) is 0 Å². The van der Waals surface area contributed by atoms with Crippen molar-refractivity contribution in [2.24, 2.45) is 9.98 Å². The summed E-state index contributed by atoms with van der Waals surface area (Å²) in [5.74, 6) is -1.91. The summed E-state index contributed by atoms with van der Waals surface area (Å²) in [5.41, 5.74) is 1.35. The van der Waals surface area contributed by atoms with Crippen LogP contribution in [-0.2, 0) is 22.7 Å². The minimum atomic E-state index is -0.957. The van der Waals surface area contributed by atoms with Gasteiger partial charge in [-0.05, 0) is 49.4 Å². The van der Waals surface area contributed by atoms with Crippen molar-refractivity contribution in [1.29, 1.82) is 0 Å². The monoisotopic (exact) mass is 675 g/mol. The van der Waals surface area contributed by atoms with Gasteiger partial charge in [0.15, 0.2) is 0 Å². The van der Waals surface area contributed by atoms with Crippen molar-refractivity contribution in [2.45, 2.75) is 38.0 Å². The lowest BCUT2D eigenvalue weighted by Crippen LogP contribution is -2.35. The van der Waals surface area contributed by atoms with Crippen molar-refractivity contribution < 1.29 is 19.8 Å². The van der Waals surface area contributed by atoms with Gasteiger partial charge in [0.05, 0.1) is 47.9 Å². The molecule has 0 aliphatic rings. The number of thiocarbonyl (C=S) groups is 2. The molecule has 0 saturated heterocycles. The Labute approximate surface area is 212 Å². The van der Waals surface area contributed by atoms with E-state index in [0.29, 0.717) is 37.3 Å². The fraction of sp³-hybridized carbons (Fsp3) is 0.471. The first kappa shape index (κ1) is 27.1. The zero-order valence-corrected chi connectivity index (χ0v) is 21.6. The van der Waals surface area contributed by atoms with Crippen molar-refractivity contribution in [1.82, 2.24) is 11.2 Å². The summed E-state index contributed by atoms with van der Waals surface area (Å²) in [6.07, 6.45) is 0.598. The number of carboxylic acids is 2. The summed E-state index contributed by atoms with van der Waals surface area (Å²) < 4.78 is 3.30. The van der Waals surface area contributed by atoms with Crippen LogP contribution >= 0.6 is 70.2 Å². The van der Waals surface area contributed by atoms with Crippen molar-refractivity contribution in [3.63, 3.8) is 0 Å². The number of halogens is 2. The van der Waals surface area contributed by atoms with Gasteiger partial charge in [0.1, 0.15) is 12.1 Å². The maximum atomic E-state index is 11.5. The highest BCUT2D eigenvalue weighted by molar-refractivity contribution is 14.1. The Morgan fingerprint density at radius 2 is 1.37 bits per heavy atom. The van der Waals surface area contributed by atoms with E-state index in [2.05, 4.69) is 49.7 Å². The first-order valence-electron chi connectivity index (χ1n) is 8.62. The fourth-order valence-electron chi connectivity index (χ4n) is 2.47. The van der Waals surface area contributed by atoms with Gasteiger partial charge in [0.25, 0.3) is 0 Å². The average molecular weight is 675 g/mol. The Balaban J connectivity index is 2.83. The molecule has 0 aliphatic carbocycles. The Morgan fingerprint density at radius 3 is 1.70 bits per heavy atom. The van der Waals surface area contributed by atoms with Crippen LogP contribution < -0.4 is 0 Å². The maximum absolute atomic E-state index is 11.5. The van der Waals surface area contributed by atoms with Crippen LogP contribution in [-0.4, -0.2) is 68.9 Å². The lowest BCUT2D eigenvalue weighted by atomic mass is 10.2. The number of aliphatic imine (C=N–C) groups is 2. The van der Waals surface area contributed by atoms with E-state index in [4.69, 9.17) is 0 Å². The van der Waals surface area contributed by atoms with Gasteiger partial charge in [-0.1, -0.05) is 6.07 Å². The second-order valence-corrected chi connectivity index (χ2v) is 8.81. The topological polar surface area (TPSA) is 119 Å². The minimum Gasteiger partial charge on any atom is -0.480 e. The van der Waals surface area contributed by atoms with Crippen LogP contribution in [0, 0.1) is 0 Å². The summed E-state index contributed by atoms with van der Waals surface area (Å²) in [5, 5.41) is 23.4. The molecule has 0 fully saturated rings. The molecule has 0 aliphatic heterocycles. The molecule has 0 saturated carbocycles. The third kappa shape index (κ3) is 9.92. The van der Waals surface area contributed by atoms with E-state index in [-0.39, 0.29) is 13.1 Å². The van der Waals surface area contributed by atoms with Crippen molar-refractivity contribution >= 4 is 92.4 Å². The van der Waals surface area contributed by atoms with E-state index < -0.39 is 24.0 Å². The molecular weight excluding hydrogens is 656 g/mol. The molecule has 0 aromatic carbocycles. The molecule has 162 valence electrons. The van der Waals surface area contributed by atoms with Gasteiger partial charge < -0.3 is 10.2 Å². The summed E-state index contributed by atoms with van der Waals surface area (Å²) in [6, 6.07) is 3.91. The second kappa shape index (κ2) is 15.0. The third-order valence-corrected chi connectivity index (χ3v) is 6.18. The molecule has 0 bridgehead atoms. The SMILES string of the molecule is O=C(O)C(CCN=C=S)N(I)Cc1cccc(CN(I)C(CCN=C=S)C(=O)O)n1. The molecule has 2 unspecified atom stereocenters. The average Bonchev–Trinajstić information content (AvgIpc) is 2.68. The Bertz CT molecular complexity index is 771. The number of hydrogen-bond donors (Lipinski definition) is 2. The molecule has 13 heteroatoms. The van der Waals surface area contributed by atoms with Gasteiger partial charge >= 0.3 is 11.9 Å². The molecule has 1 heterocycles. The second-order valence-electron chi connectivity index (χ2n) is 5.97. The minimum absolute atomic E-state index is 0.279. The molecule has 0 amide bonds. The molecule has 0 radical (unpaired) electrons. The van der Waals surface area contributed by atoms with Crippen LogP contribution in [0.2, 0.25) is 0 Å². The zero-order chi connectivity index (χ0) is 22.5. The number of isothiocyanates is 2. The number of aliphatic carboxylic acids is 2. The molecule has 2 N–H and O–H groups in total. The van der Waals surface area contributed by atoms with Crippen molar-refractivity contribution in [3.05, 3.63) is 29.6 Å². The van der Waals surface area contributed by atoms with Crippen LogP contribution in [0.3, 0.4) is 0 Å². The molecule has 0 spiro atoms. The van der Waals surface area contributed by atoms with Gasteiger partial charge in [0, 0.05) is 45.7 Å². The Kier molecular flexibility index (Phi) is 13.5. The lowest BCUT2D eigenvalue weighted by Gasteiger charge is -2.23. The van der Waals surface area contributed by atoms with Crippen LogP contribution in [0.15, 0.2) is 28.2 Å². The molecule has 1 aromatic rings. The Morgan fingerprint density at radius 1 is 0.967 bits per heavy atom. The van der Waals surface area contributed by atoms with Gasteiger partial charge in [0.2, 0.25) is 0 Å². The number of nitrogens with zero attached hydrogens (tertiary/aromatic N) is 5. The number of hydrogen-bond acceptors (Lipinski definition) is 9. The summed E-state index contributed by atoms with van der Waals surface area (Å²) in [6.45, 7) is 1.17. The molecular formula is C17H19I2N5O4S2. The predicted octanol–water partition coefficient (Wildman–Crippen LogP) is 3.28. The normalized spacial score (nSPS) is 12.7. The number of carbonyl (C=O) groups is 2.